The molecule has 1 heterocycles. The van der Waals surface area contributed by atoms with Gasteiger partial charge in [-0.1, -0.05) is 11.6 Å². The van der Waals surface area contributed by atoms with Gasteiger partial charge in [-0.2, -0.15) is 5.10 Å². The molecule has 1 N–H and O–H groups in total. The molecule has 0 fully saturated rings. The van der Waals surface area contributed by atoms with Gasteiger partial charge in [-0.05, 0) is 31.2 Å². The first-order valence-electron chi connectivity index (χ1n) is 4.96. The summed E-state index contributed by atoms with van der Waals surface area (Å²) in [7, 11) is 0. The molecule has 0 spiro atoms. The highest BCUT2D eigenvalue weighted by atomic mass is 35.5. The molecule has 0 atom stereocenters. The Morgan fingerprint density at radius 1 is 1.41 bits per heavy atom. The number of hydrogen-bond acceptors (Lipinski definition) is 3. The molecule has 0 saturated carbocycles. The summed E-state index contributed by atoms with van der Waals surface area (Å²) in [4.78, 5) is 14.8. The molecule has 2 rings (SSSR count). The molecule has 0 unspecified atom stereocenters. The fourth-order valence-corrected chi connectivity index (χ4v) is 1.62. The van der Waals surface area contributed by atoms with Crippen LogP contribution in [0.3, 0.4) is 0 Å². The fourth-order valence-electron chi connectivity index (χ4n) is 1.50. The van der Waals surface area contributed by atoms with E-state index < -0.39 is 5.97 Å². The van der Waals surface area contributed by atoms with Gasteiger partial charge in [-0.3, -0.25) is 4.79 Å². The minimum atomic E-state index is -0.937. The van der Waals surface area contributed by atoms with Gasteiger partial charge >= 0.3 is 5.97 Å². The molecule has 1 aromatic carbocycles. The van der Waals surface area contributed by atoms with E-state index in [-0.39, 0.29) is 6.42 Å². The normalized spacial score (nSPS) is 10.5. The molecule has 17 heavy (non-hydrogen) atoms. The molecule has 0 aliphatic carbocycles. The van der Waals surface area contributed by atoms with Gasteiger partial charge in [0.05, 0.1) is 5.69 Å². The molecule has 0 amide bonds. The van der Waals surface area contributed by atoms with Gasteiger partial charge in [0.2, 0.25) is 0 Å². The van der Waals surface area contributed by atoms with Crippen LogP contribution < -0.4 is 0 Å². The van der Waals surface area contributed by atoms with Gasteiger partial charge < -0.3 is 5.11 Å². The zero-order valence-corrected chi connectivity index (χ0v) is 9.85. The number of aryl methyl sites for hydroxylation is 1. The maximum atomic E-state index is 10.7. The highest BCUT2D eigenvalue weighted by molar-refractivity contribution is 6.30. The average Bonchev–Trinajstić information content (AvgIpc) is 2.59. The quantitative estimate of drug-likeness (QED) is 0.904. The van der Waals surface area contributed by atoms with E-state index in [0.29, 0.717) is 16.7 Å². The zero-order chi connectivity index (χ0) is 12.4. The Kier molecular flexibility index (Phi) is 3.10. The lowest BCUT2D eigenvalue weighted by Crippen LogP contribution is -2.08. The van der Waals surface area contributed by atoms with E-state index in [2.05, 4.69) is 10.1 Å². The summed E-state index contributed by atoms with van der Waals surface area (Å²) < 4.78 is 1.51. The SMILES string of the molecule is Cc1nc(CC(=O)O)n(-c2ccc(Cl)cc2)n1. The summed E-state index contributed by atoms with van der Waals surface area (Å²) >= 11 is 5.79. The highest BCUT2D eigenvalue weighted by Crippen LogP contribution is 2.14. The van der Waals surface area contributed by atoms with Crippen LogP contribution in [0.1, 0.15) is 11.6 Å². The average molecular weight is 252 g/mol. The van der Waals surface area contributed by atoms with E-state index >= 15 is 0 Å². The number of hydrogen-bond donors (Lipinski definition) is 1. The van der Waals surface area contributed by atoms with Crippen LogP contribution >= 0.6 is 11.6 Å². The van der Waals surface area contributed by atoms with Crippen LogP contribution in [-0.2, 0) is 11.2 Å². The number of carbonyl (C=O) groups is 1. The van der Waals surface area contributed by atoms with Crippen molar-refractivity contribution in [3.8, 4) is 5.69 Å². The highest BCUT2D eigenvalue weighted by Gasteiger charge is 2.12. The predicted octanol–water partition coefficient (Wildman–Crippen LogP) is 1.86. The lowest BCUT2D eigenvalue weighted by atomic mass is 10.3. The fraction of sp³-hybridized carbons (Fsp3) is 0.182. The molecule has 0 saturated heterocycles. The minimum absolute atomic E-state index is 0.163. The van der Waals surface area contributed by atoms with Crippen LogP contribution in [0.25, 0.3) is 5.69 Å². The van der Waals surface area contributed by atoms with E-state index in [0.717, 1.165) is 5.69 Å². The van der Waals surface area contributed by atoms with Crippen molar-refractivity contribution in [3.63, 3.8) is 0 Å². The monoisotopic (exact) mass is 251 g/mol. The third-order valence-electron chi connectivity index (χ3n) is 2.16. The predicted molar refractivity (Wildman–Crippen MR) is 62.4 cm³/mol. The van der Waals surface area contributed by atoms with Crippen molar-refractivity contribution in [3.05, 3.63) is 40.9 Å². The van der Waals surface area contributed by atoms with E-state index in [1.165, 1.54) is 4.68 Å². The van der Waals surface area contributed by atoms with E-state index in [1.54, 1.807) is 31.2 Å². The Morgan fingerprint density at radius 2 is 2.06 bits per heavy atom. The van der Waals surface area contributed by atoms with Crippen molar-refractivity contribution in [2.24, 2.45) is 0 Å². The molecule has 0 bridgehead atoms. The van der Waals surface area contributed by atoms with Crippen LogP contribution in [0.15, 0.2) is 24.3 Å². The minimum Gasteiger partial charge on any atom is -0.481 e. The second kappa shape index (κ2) is 4.55. The number of aromatic nitrogens is 3. The Bertz CT molecular complexity index is 548. The number of rotatable bonds is 3. The standard InChI is InChI=1S/C11H10ClN3O2/c1-7-13-10(6-11(16)17)15(14-7)9-4-2-8(12)3-5-9/h2-5H,6H2,1H3,(H,16,17). The number of carboxylic acid groups (broad SMARTS) is 1. The van der Waals surface area contributed by atoms with Gasteiger partial charge in [-0.15, -0.1) is 0 Å². The van der Waals surface area contributed by atoms with Crippen LogP contribution in [0.2, 0.25) is 5.02 Å². The second-order valence-corrected chi connectivity index (χ2v) is 3.97. The first kappa shape index (κ1) is 11.6. The molecule has 5 nitrogen and oxygen atoms in total. The summed E-state index contributed by atoms with van der Waals surface area (Å²) in [5, 5.41) is 13.6. The Balaban J connectivity index is 2.43. The van der Waals surface area contributed by atoms with E-state index in [4.69, 9.17) is 16.7 Å². The molecule has 1 aromatic heterocycles. The zero-order valence-electron chi connectivity index (χ0n) is 9.09. The van der Waals surface area contributed by atoms with Gasteiger partial charge in [0.15, 0.2) is 0 Å². The summed E-state index contributed by atoms with van der Waals surface area (Å²) in [6.07, 6.45) is -0.163. The largest absolute Gasteiger partial charge is 0.481 e. The van der Waals surface area contributed by atoms with Crippen LogP contribution in [0, 0.1) is 6.92 Å². The first-order valence-corrected chi connectivity index (χ1v) is 5.34. The first-order chi connectivity index (χ1) is 8.06. The van der Waals surface area contributed by atoms with Crippen molar-refractivity contribution < 1.29 is 9.90 Å². The molecular weight excluding hydrogens is 242 g/mol. The molecule has 2 aromatic rings. The summed E-state index contributed by atoms with van der Waals surface area (Å²) in [6.45, 7) is 1.72. The molecule has 6 heteroatoms. The third-order valence-corrected chi connectivity index (χ3v) is 2.41. The van der Waals surface area contributed by atoms with Gasteiger partial charge in [0.1, 0.15) is 18.1 Å². The Labute approximate surface area is 103 Å². The molecule has 0 aliphatic heterocycles. The van der Waals surface area contributed by atoms with Gasteiger partial charge in [0, 0.05) is 5.02 Å². The van der Waals surface area contributed by atoms with Crippen LogP contribution in [0.5, 0.6) is 0 Å². The van der Waals surface area contributed by atoms with E-state index in [9.17, 15) is 4.79 Å². The molecule has 0 aliphatic rings. The number of benzene rings is 1. The molecule has 88 valence electrons. The lowest BCUT2D eigenvalue weighted by molar-refractivity contribution is -0.136. The number of aliphatic carboxylic acids is 1. The van der Waals surface area contributed by atoms with Gasteiger partial charge in [0.25, 0.3) is 0 Å². The lowest BCUT2D eigenvalue weighted by Gasteiger charge is -2.03. The number of halogens is 1. The third kappa shape index (κ3) is 2.62. The van der Waals surface area contributed by atoms with Crippen LogP contribution in [0.4, 0.5) is 0 Å². The van der Waals surface area contributed by atoms with Crippen LogP contribution in [-0.4, -0.2) is 25.8 Å². The van der Waals surface area contributed by atoms with Crippen molar-refractivity contribution in [1.29, 1.82) is 0 Å². The topological polar surface area (TPSA) is 68.0 Å². The number of carboxylic acids is 1. The number of nitrogens with zero attached hydrogens (tertiary/aromatic N) is 3. The maximum absolute atomic E-state index is 10.7. The Hall–Kier alpha value is -1.88. The maximum Gasteiger partial charge on any atom is 0.311 e. The molecule has 0 radical (unpaired) electrons. The van der Waals surface area contributed by atoms with E-state index in [1.807, 2.05) is 0 Å². The summed E-state index contributed by atoms with van der Waals surface area (Å²) in [5.74, 6) is 0.00105. The van der Waals surface area contributed by atoms with Crippen molar-refractivity contribution in [1.82, 2.24) is 14.8 Å². The molecular formula is C11H10ClN3O2. The Morgan fingerprint density at radius 3 is 2.65 bits per heavy atom. The van der Waals surface area contributed by atoms with Gasteiger partial charge in [-0.25, -0.2) is 9.67 Å². The van der Waals surface area contributed by atoms with Crippen molar-refractivity contribution >= 4 is 17.6 Å². The second-order valence-electron chi connectivity index (χ2n) is 3.53. The van der Waals surface area contributed by atoms with Crippen molar-refractivity contribution in [2.45, 2.75) is 13.3 Å². The smallest absolute Gasteiger partial charge is 0.311 e. The summed E-state index contributed by atoms with van der Waals surface area (Å²) in [6, 6.07) is 6.97. The summed E-state index contributed by atoms with van der Waals surface area (Å²) in [5.41, 5.74) is 0.742. The van der Waals surface area contributed by atoms with Crippen molar-refractivity contribution in [2.75, 3.05) is 0 Å².